The first-order chi connectivity index (χ1) is 12.0. The first-order valence-corrected chi connectivity index (χ1v) is 9.72. The Kier molecular flexibility index (Phi) is 5.85. The second kappa shape index (κ2) is 8.09. The molecule has 2 atom stereocenters. The number of rotatable bonds is 5. The Hall–Kier alpha value is -1.74. The highest BCUT2D eigenvalue weighted by atomic mass is 79.9. The van der Waals surface area contributed by atoms with Gasteiger partial charge in [0.05, 0.1) is 0 Å². The van der Waals surface area contributed by atoms with E-state index in [0.717, 1.165) is 29.3 Å². The summed E-state index contributed by atoms with van der Waals surface area (Å²) in [5.74, 6) is 0.372. The lowest BCUT2D eigenvalue weighted by Gasteiger charge is -2.29. The van der Waals surface area contributed by atoms with Gasteiger partial charge in [0.15, 0.2) is 5.78 Å². The van der Waals surface area contributed by atoms with Crippen LogP contribution in [0.4, 0.5) is 0 Å². The van der Waals surface area contributed by atoms with E-state index >= 15 is 0 Å². The molecule has 0 aromatic heterocycles. The fourth-order valence-corrected chi connectivity index (χ4v) is 3.96. The van der Waals surface area contributed by atoms with Gasteiger partial charge >= 0.3 is 0 Å². The molecule has 1 saturated carbocycles. The fourth-order valence-electron chi connectivity index (χ4n) is 3.69. The van der Waals surface area contributed by atoms with Gasteiger partial charge < -0.3 is 0 Å². The normalized spacial score (nSPS) is 18.8. The van der Waals surface area contributed by atoms with E-state index in [0.29, 0.717) is 24.2 Å². The van der Waals surface area contributed by atoms with E-state index in [-0.39, 0.29) is 17.6 Å². The Morgan fingerprint density at radius 3 is 2.40 bits per heavy atom. The Morgan fingerprint density at radius 1 is 1.08 bits per heavy atom. The zero-order valence-electron chi connectivity index (χ0n) is 14.5. The van der Waals surface area contributed by atoms with Gasteiger partial charge in [0, 0.05) is 34.7 Å². The molecule has 2 aromatic carbocycles. The minimum absolute atomic E-state index is 0.0236. The summed E-state index contributed by atoms with van der Waals surface area (Å²) < 4.78 is 0.960. The van der Waals surface area contributed by atoms with Crippen molar-refractivity contribution in [3.05, 3.63) is 69.7 Å². The lowest BCUT2D eigenvalue weighted by atomic mass is 9.73. The number of carbonyl (C=O) groups excluding carboxylic acids is 2. The van der Waals surface area contributed by atoms with Gasteiger partial charge in [-0.1, -0.05) is 64.3 Å². The van der Waals surface area contributed by atoms with Crippen molar-refractivity contribution >= 4 is 27.5 Å². The fraction of sp³-hybridized carbons (Fsp3) is 0.364. The Balaban J connectivity index is 1.87. The quantitative estimate of drug-likeness (QED) is 0.589. The van der Waals surface area contributed by atoms with E-state index in [2.05, 4.69) is 47.1 Å². The molecule has 1 fully saturated rings. The minimum Gasteiger partial charge on any atom is -0.299 e. The van der Waals surface area contributed by atoms with Crippen LogP contribution in [0, 0.1) is 12.8 Å². The van der Waals surface area contributed by atoms with Crippen molar-refractivity contribution in [2.24, 2.45) is 5.92 Å². The molecule has 2 nitrogen and oxygen atoms in total. The molecule has 0 spiro atoms. The summed E-state index contributed by atoms with van der Waals surface area (Å²) in [4.78, 5) is 25.4. The van der Waals surface area contributed by atoms with Crippen LogP contribution in [-0.2, 0) is 4.79 Å². The number of carbonyl (C=O) groups is 2. The van der Waals surface area contributed by atoms with Gasteiger partial charge in [-0.25, -0.2) is 0 Å². The van der Waals surface area contributed by atoms with Crippen LogP contribution in [0.2, 0.25) is 0 Å². The van der Waals surface area contributed by atoms with Crippen LogP contribution in [0.15, 0.2) is 53.0 Å². The lowest BCUT2D eigenvalue weighted by Crippen LogP contribution is -2.27. The number of halogens is 1. The molecule has 1 aliphatic rings. The number of ketones is 2. The van der Waals surface area contributed by atoms with E-state index in [1.165, 1.54) is 5.56 Å². The van der Waals surface area contributed by atoms with Crippen LogP contribution >= 0.6 is 15.9 Å². The molecule has 0 heterocycles. The number of aryl methyl sites for hydroxylation is 1. The van der Waals surface area contributed by atoms with Gasteiger partial charge in [-0.05, 0) is 37.5 Å². The van der Waals surface area contributed by atoms with Crippen molar-refractivity contribution in [3.63, 3.8) is 0 Å². The largest absolute Gasteiger partial charge is 0.299 e. The van der Waals surface area contributed by atoms with Crippen molar-refractivity contribution in [2.45, 2.75) is 44.9 Å². The Morgan fingerprint density at radius 2 is 1.76 bits per heavy atom. The Labute approximate surface area is 157 Å². The predicted molar refractivity (Wildman–Crippen MR) is 104 cm³/mol. The number of benzene rings is 2. The first-order valence-electron chi connectivity index (χ1n) is 8.92. The molecule has 0 bridgehead atoms. The van der Waals surface area contributed by atoms with Crippen LogP contribution in [0.1, 0.15) is 59.5 Å². The molecule has 2 aromatic rings. The summed E-state index contributed by atoms with van der Waals surface area (Å²) in [6, 6.07) is 15.8. The second-order valence-corrected chi connectivity index (χ2v) is 7.89. The maximum Gasteiger partial charge on any atom is 0.163 e. The average molecular weight is 399 g/mol. The van der Waals surface area contributed by atoms with Crippen molar-refractivity contribution < 1.29 is 9.59 Å². The summed E-state index contributed by atoms with van der Waals surface area (Å²) in [5, 5.41) is 0. The topological polar surface area (TPSA) is 34.1 Å². The molecule has 0 amide bonds. The third-order valence-electron chi connectivity index (χ3n) is 5.16. The lowest BCUT2D eigenvalue weighted by molar-refractivity contribution is -0.125. The summed E-state index contributed by atoms with van der Waals surface area (Å²) in [5.41, 5.74) is 3.01. The number of hydrogen-bond acceptors (Lipinski definition) is 2. The third kappa shape index (κ3) is 4.46. The molecule has 0 unspecified atom stereocenters. The molecular weight excluding hydrogens is 376 g/mol. The molecule has 130 valence electrons. The third-order valence-corrected chi connectivity index (χ3v) is 5.69. The van der Waals surface area contributed by atoms with Crippen LogP contribution < -0.4 is 0 Å². The first kappa shape index (κ1) is 18.1. The zero-order valence-corrected chi connectivity index (χ0v) is 16.1. The van der Waals surface area contributed by atoms with E-state index in [9.17, 15) is 9.59 Å². The van der Waals surface area contributed by atoms with Gasteiger partial charge in [0.2, 0.25) is 0 Å². The van der Waals surface area contributed by atoms with E-state index in [1.54, 1.807) is 0 Å². The van der Waals surface area contributed by atoms with Crippen LogP contribution in [-0.4, -0.2) is 11.6 Å². The Bertz CT molecular complexity index is 747. The predicted octanol–water partition coefficient (Wildman–Crippen LogP) is 5.87. The smallest absolute Gasteiger partial charge is 0.163 e. The highest BCUT2D eigenvalue weighted by Crippen LogP contribution is 2.37. The maximum atomic E-state index is 12.8. The molecule has 0 saturated heterocycles. The van der Waals surface area contributed by atoms with E-state index < -0.39 is 0 Å². The number of Topliss-reactive ketones (excluding diaryl/α,β-unsaturated/α-hetero) is 2. The van der Waals surface area contributed by atoms with Crippen LogP contribution in [0.25, 0.3) is 0 Å². The summed E-state index contributed by atoms with van der Waals surface area (Å²) in [6.07, 6.45) is 3.99. The van der Waals surface area contributed by atoms with Gasteiger partial charge in [0.1, 0.15) is 5.78 Å². The van der Waals surface area contributed by atoms with Gasteiger partial charge in [0.25, 0.3) is 0 Å². The van der Waals surface area contributed by atoms with Crippen LogP contribution in [0.5, 0.6) is 0 Å². The highest BCUT2D eigenvalue weighted by Gasteiger charge is 2.32. The van der Waals surface area contributed by atoms with Gasteiger partial charge in [-0.2, -0.15) is 0 Å². The van der Waals surface area contributed by atoms with Crippen molar-refractivity contribution in [1.82, 2.24) is 0 Å². The molecule has 0 N–H and O–H groups in total. The highest BCUT2D eigenvalue weighted by molar-refractivity contribution is 9.10. The molecule has 25 heavy (non-hydrogen) atoms. The van der Waals surface area contributed by atoms with Crippen molar-refractivity contribution in [2.75, 3.05) is 0 Å². The molecule has 0 radical (unpaired) electrons. The summed E-state index contributed by atoms with van der Waals surface area (Å²) >= 11 is 3.40. The molecule has 0 aliphatic heterocycles. The monoisotopic (exact) mass is 398 g/mol. The van der Waals surface area contributed by atoms with Crippen molar-refractivity contribution in [3.8, 4) is 0 Å². The molecule has 1 aliphatic carbocycles. The zero-order chi connectivity index (χ0) is 17.8. The van der Waals surface area contributed by atoms with Crippen LogP contribution in [0.3, 0.4) is 0 Å². The van der Waals surface area contributed by atoms with Gasteiger partial charge in [-0.3, -0.25) is 9.59 Å². The van der Waals surface area contributed by atoms with Gasteiger partial charge in [-0.15, -0.1) is 0 Å². The van der Waals surface area contributed by atoms with E-state index in [4.69, 9.17) is 0 Å². The second-order valence-electron chi connectivity index (χ2n) is 6.97. The molecule has 3 heteroatoms. The summed E-state index contributed by atoms with van der Waals surface area (Å²) in [7, 11) is 0. The SMILES string of the molecule is Cc1ccc([C@@H](CC(=O)c2ccc(Br)cc2)[C@@H]2CCCCC2=O)cc1. The average Bonchev–Trinajstić information content (AvgIpc) is 2.62. The van der Waals surface area contributed by atoms with Crippen molar-refractivity contribution in [1.29, 1.82) is 0 Å². The minimum atomic E-state index is -0.0316. The molecular formula is C22H23BrO2. The standard InChI is InChI=1S/C22H23BrO2/c1-15-6-8-16(9-7-15)20(19-4-2-3-5-21(19)24)14-22(25)17-10-12-18(23)13-11-17/h6-13,19-20H,2-5,14H2,1H3/t19-,20+/m0/s1. The summed E-state index contributed by atoms with van der Waals surface area (Å²) in [6.45, 7) is 2.05. The number of hydrogen-bond donors (Lipinski definition) is 0. The maximum absolute atomic E-state index is 12.8. The van der Waals surface area contributed by atoms with E-state index in [1.807, 2.05) is 24.3 Å². The molecule has 3 rings (SSSR count).